The molecule has 0 heterocycles. The van der Waals surface area contributed by atoms with Crippen molar-refractivity contribution in [2.24, 2.45) is 5.73 Å². The standard InChI is InChI=1S/C9H18N2O3/c1-3-7(10)5-8(12)11-6-9(13)14-4-2/h7H,3-6,10H2,1-2H3,(H,11,12). The molecule has 1 unspecified atom stereocenters. The van der Waals surface area contributed by atoms with E-state index in [1.807, 2.05) is 6.92 Å². The van der Waals surface area contributed by atoms with E-state index in [9.17, 15) is 9.59 Å². The summed E-state index contributed by atoms with van der Waals surface area (Å²) in [6.07, 6.45) is 0.989. The van der Waals surface area contributed by atoms with Gasteiger partial charge in [0.25, 0.3) is 0 Å². The molecule has 1 amide bonds. The van der Waals surface area contributed by atoms with Crippen molar-refractivity contribution < 1.29 is 14.3 Å². The summed E-state index contributed by atoms with van der Waals surface area (Å²) in [5.41, 5.74) is 5.56. The highest BCUT2D eigenvalue weighted by molar-refractivity contribution is 5.82. The Morgan fingerprint density at radius 1 is 1.43 bits per heavy atom. The second-order valence-corrected chi connectivity index (χ2v) is 2.95. The lowest BCUT2D eigenvalue weighted by molar-refractivity contribution is -0.143. The van der Waals surface area contributed by atoms with Gasteiger partial charge in [-0.05, 0) is 13.3 Å². The quantitative estimate of drug-likeness (QED) is 0.584. The molecule has 0 spiro atoms. The predicted octanol–water partition coefficient (Wildman–Crippen LogP) is -0.207. The Morgan fingerprint density at radius 2 is 2.07 bits per heavy atom. The maximum absolute atomic E-state index is 11.1. The summed E-state index contributed by atoms with van der Waals surface area (Å²) in [5, 5.41) is 2.44. The molecule has 3 N–H and O–H groups in total. The number of amides is 1. The predicted molar refractivity (Wildman–Crippen MR) is 52.5 cm³/mol. The fraction of sp³-hybridized carbons (Fsp3) is 0.778. The Balaban J connectivity index is 3.58. The van der Waals surface area contributed by atoms with Crippen LogP contribution < -0.4 is 11.1 Å². The van der Waals surface area contributed by atoms with Crippen LogP contribution in [0.1, 0.15) is 26.7 Å². The fourth-order valence-corrected chi connectivity index (χ4v) is 0.837. The van der Waals surface area contributed by atoms with E-state index in [4.69, 9.17) is 5.73 Å². The molecule has 5 heteroatoms. The summed E-state index contributed by atoms with van der Waals surface area (Å²) in [6, 6.07) is -0.141. The summed E-state index contributed by atoms with van der Waals surface area (Å²) in [4.78, 5) is 22.0. The van der Waals surface area contributed by atoms with Gasteiger partial charge in [0.15, 0.2) is 0 Å². The molecular formula is C9H18N2O3. The van der Waals surface area contributed by atoms with E-state index in [-0.39, 0.29) is 24.9 Å². The highest BCUT2D eigenvalue weighted by atomic mass is 16.5. The minimum absolute atomic E-state index is 0.0803. The van der Waals surface area contributed by atoms with Crippen molar-refractivity contribution in [2.75, 3.05) is 13.2 Å². The van der Waals surface area contributed by atoms with Crippen LogP contribution in [0.5, 0.6) is 0 Å². The number of carbonyl (C=O) groups is 2. The molecule has 14 heavy (non-hydrogen) atoms. The van der Waals surface area contributed by atoms with Crippen molar-refractivity contribution in [2.45, 2.75) is 32.7 Å². The van der Waals surface area contributed by atoms with Crippen molar-refractivity contribution in [1.29, 1.82) is 0 Å². The highest BCUT2D eigenvalue weighted by Crippen LogP contribution is 1.92. The van der Waals surface area contributed by atoms with Crippen molar-refractivity contribution >= 4 is 11.9 Å². The maximum atomic E-state index is 11.1. The smallest absolute Gasteiger partial charge is 0.325 e. The molecular weight excluding hydrogens is 184 g/mol. The normalized spacial score (nSPS) is 11.9. The van der Waals surface area contributed by atoms with Crippen LogP contribution in [-0.4, -0.2) is 31.1 Å². The molecule has 1 atom stereocenters. The molecule has 0 bridgehead atoms. The lowest BCUT2D eigenvalue weighted by Crippen LogP contribution is -2.34. The zero-order valence-electron chi connectivity index (χ0n) is 8.71. The van der Waals surface area contributed by atoms with Gasteiger partial charge in [0.2, 0.25) is 5.91 Å². The third-order valence-electron chi connectivity index (χ3n) is 1.71. The summed E-state index contributed by atoms with van der Waals surface area (Å²) in [6.45, 7) is 3.86. The third kappa shape index (κ3) is 6.42. The second-order valence-electron chi connectivity index (χ2n) is 2.95. The Kier molecular flexibility index (Phi) is 6.74. The number of nitrogens with two attached hydrogens (primary N) is 1. The second kappa shape index (κ2) is 7.32. The van der Waals surface area contributed by atoms with Crippen LogP contribution in [0.2, 0.25) is 0 Å². The van der Waals surface area contributed by atoms with Gasteiger partial charge in [-0.15, -0.1) is 0 Å². The Morgan fingerprint density at radius 3 is 2.57 bits per heavy atom. The van der Waals surface area contributed by atoms with Crippen LogP contribution in [0.15, 0.2) is 0 Å². The molecule has 0 aromatic carbocycles. The monoisotopic (exact) mass is 202 g/mol. The van der Waals surface area contributed by atoms with Crippen molar-refractivity contribution in [3.8, 4) is 0 Å². The van der Waals surface area contributed by atoms with Crippen LogP contribution in [0, 0.1) is 0 Å². The number of rotatable bonds is 6. The first kappa shape index (κ1) is 12.9. The first-order valence-electron chi connectivity index (χ1n) is 4.78. The third-order valence-corrected chi connectivity index (χ3v) is 1.71. The molecule has 0 aliphatic rings. The van der Waals surface area contributed by atoms with Crippen molar-refractivity contribution in [1.82, 2.24) is 5.32 Å². The topological polar surface area (TPSA) is 81.4 Å². The molecule has 0 aromatic rings. The van der Waals surface area contributed by atoms with Gasteiger partial charge in [0, 0.05) is 12.5 Å². The highest BCUT2D eigenvalue weighted by Gasteiger charge is 2.09. The molecule has 0 fully saturated rings. The van der Waals surface area contributed by atoms with Gasteiger partial charge in [-0.2, -0.15) is 0 Å². The number of carbonyl (C=O) groups excluding carboxylic acids is 2. The number of nitrogens with one attached hydrogen (secondary N) is 1. The molecule has 82 valence electrons. The van der Waals surface area contributed by atoms with Gasteiger partial charge in [-0.1, -0.05) is 6.92 Å². The van der Waals surface area contributed by atoms with Crippen LogP contribution in [0.4, 0.5) is 0 Å². The molecule has 0 rings (SSSR count). The van der Waals surface area contributed by atoms with E-state index in [1.165, 1.54) is 0 Å². The minimum atomic E-state index is -0.425. The van der Waals surface area contributed by atoms with Crippen molar-refractivity contribution in [3.05, 3.63) is 0 Å². The van der Waals surface area contributed by atoms with Gasteiger partial charge in [-0.25, -0.2) is 0 Å². The van der Waals surface area contributed by atoms with Crippen LogP contribution in [0.25, 0.3) is 0 Å². The lowest BCUT2D eigenvalue weighted by Gasteiger charge is -2.08. The SMILES string of the molecule is CCOC(=O)CNC(=O)CC(N)CC. The van der Waals surface area contributed by atoms with Crippen LogP contribution in [-0.2, 0) is 14.3 Å². The van der Waals surface area contributed by atoms with Gasteiger partial charge in [0.1, 0.15) is 6.54 Å². The zero-order chi connectivity index (χ0) is 11.0. The van der Waals surface area contributed by atoms with E-state index in [0.29, 0.717) is 6.61 Å². The minimum Gasteiger partial charge on any atom is -0.465 e. The molecule has 0 aliphatic carbocycles. The van der Waals surface area contributed by atoms with Crippen molar-refractivity contribution in [3.63, 3.8) is 0 Å². The average molecular weight is 202 g/mol. The molecule has 5 nitrogen and oxygen atoms in total. The average Bonchev–Trinajstić information content (AvgIpc) is 2.15. The maximum Gasteiger partial charge on any atom is 0.325 e. The number of ether oxygens (including phenoxy) is 1. The van der Waals surface area contributed by atoms with E-state index in [2.05, 4.69) is 10.1 Å². The van der Waals surface area contributed by atoms with Gasteiger partial charge in [0.05, 0.1) is 6.61 Å². The van der Waals surface area contributed by atoms with Crippen LogP contribution in [0.3, 0.4) is 0 Å². The molecule has 0 aliphatic heterocycles. The summed E-state index contributed by atoms with van der Waals surface area (Å²) in [5.74, 6) is -0.640. The zero-order valence-corrected chi connectivity index (χ0v) is 8.71. The summed E-state index contributed by atoms with van der Waals surface area (Å²) < 4.78 is 4.64. The van der Waals surface area contributed by atoms with E-state index >= 15 is 0 Å². The summed E-state index contributed by atoms with van der Waals surface area (Å²) >= 11 is 0. The molecule has 0 radical (unpaired) electrons. The van der Waals surface area contributed by atoms with E-state index in [1.54, 1.807) is 6.92 Å². The van der Waals surface area contributed by atoms with E-state index < -0.39 is 5.97 Å². The molecule has 0 saturated carbocycles. The Labute approximate surface area is 84.0 Å². The Bertz CT molecular complexity index is 194. The largest absolute Gasteiger partial charge is 0.465 e. The van der Waals surface area contributed by atoms with Gasteiger partial charge >= 0.3 is 5.97 Å². The fourth-order valence-electron chi connectivity index (χ4n) is 0.837. The number of esters is 1. The van der Waals surface area contributed by atoms with Crippen LogP contribution >= 0.6 is 0 Å². The molecule has 0 aromatic heterocycles. The van der Waals surface area contributed by atoms with E-state index in [0.717, 1.165) is 6.42 Å². The lowest BCUT2D eigenvalue weighted by atomic mass is 10.1. The Hall–Kier alpha value is -1.10. The summed E-state index contributed by atoms with van der Waals surface area (Å²) in [7, 11) is 0. The first-order chi connectivity index (χ1) is 6.60. The van der Waals surface area contributed by atoms with Gasteiger partial charge in [-0.3, -0.25) is 9.59 Å². The van der Waals surface area contributed by atoms with Gasteiger partial charge < -0.3 is 15.8 Å². The molecule has 0 saturated heterocycles. The number of hydrogen-bond donors (Lipinski definition) is 2. The first-order valence-corrected chi connectivity index (χ1v) is 4.78. The number of hydrogen-bond acceptors (Lipinski definition) is 4.